The minimum atomic E-state index is -0.464. The fourth-order valence-electron chi connectivity index (χ4n) is 4.94. The molecule has 0 N–H and O–H groups in total. The van der Waals surface area contributed by atoms with Gasteiger partial charge in [0, 0.05) is 33.1 Å². The molecule has 0 radical (unpaired) electrons. The van der Waals surface area contributed by atoms with Crippen LogP contribution in [0.15, 0.2) is 54.6 Å². The van der Waals surface area contributed by atoms with Crippen LogP contribution in [-0.2, 0) is 19.0 Å². The molecule has 0 aliphatic carbocycles. The summed E-state index contributed by atoms with van der Waals surface area (Å²) in [4.78, 5) is 37.3. The van der Waals surface area contributed by atoms with Gasteiger partial charge in [0.25, 0.3) is 0 Å². The van der Waals surface area contributed by atoms with Crippen LogP contribution in [0.4, 0.5) is 9.59 Å². The number of carbonyl (C=O) groups excluding carboxylic acids is 3. The Bertz CT molecular complexity index is 1460. The van der Waals surface area contributed by atoms with E-state index < -0.39 is 11.2 Å². The van der Waals surface area contributed by atoms with Crippen LogP contribution in [0, 0.1) is 22.7 Å². The van der Waals surface area contributed by atoms with Gasteiger partial charge in [-0.1, -0.05) is 30.3 Å². The Morgan fingerprint density at radius 2 is 1.25 bits per heavy atom. The highest BCUT2D eigenvalue weighted by atomic mass is 16.6. The summed E-state index contributed by atoms with van der Waals surface area (Å²) in [6.45, 7) is 17.6. The zero-order valence-electron chi connectivity index (χ0n) is 29.7. The number of ether oxygens (including phenoxy) is 3. The first-order chi connectivity index (χ1) is 22.5. The minimum absolute atomic E-state index is 0.211. The van der Waals surface area contributed by atoms with Gasteiger partial charge < -0.3 is 24.0 Å². The Labute approximate surface area is 285 Å². The molecule has 2 aliphatic heterocycles. The molecule has 258 valence electrons. The molecular formula is C38H50N4O6. The summed E-state index contributed by atoms with van der Waals surface area (Å²) >= 11 is 0. The van der Waals surface area contributed by atoms with E-state index in [0.29, 0.717) is 36.7 Å². The highest BCUT2D eigenvalue weighted by molar-refractivity contribution is 5.73. The molecule has 2 aliphatic rings. The lowest BCUT2D eigenvalue weighted by Crippen LogP contribution is -2.41. The molecule has 0 aromatic heterocycles. The van der Waals surface area contributed by atoms with Crippen LogP contribution >= 0.6 is 0 Å². The SMILES string of the molecule is CC(C)(C)OC(=O)N1CC=C(c2ccc(C#N)cc2)CC1.CC(C)(C)OC(=O)N1CCC(c2ccc(C#N)cc2)CC1.CCOC(C)=O. The number of benzene rings is 2. The van der Waals surface area contributed by atoms with E-state index in [4.69, 9.17) is 20.0 Å². The number of rotatable bonds is 3. The van der Waals surface area contributed by atoms with Crippen molar-refractivity contribution in [2.45, 2.75) is 91.8 Å². The fourth-order valence-corrected chi connectivity index (χ4v) is 4.94. The van der Waals surface area contributed by atoms with E-state index in [0.717, 1.165) is 37.9 Å². The number of nitriles is 2. The first-order valence-electron chi connectivity index (χ1n) is 16.3. The second kappa shape index (κ2) is 18.5. The summed E-state index contributed by atoms with van der Waals surface area (Å²) in [5.41, 5.74) is 4.00. The number of esters is 1. The van der Waals surface area contributed by atoms with Crippen molar-refractivity contribution in [2.24, 2.45) is 0 Å². The van der Waals surface area contributed by atoms with Gasteiger partial charge in [-0.05, 0) is 115 Å². The molecule has 4 rings (SSSR count). The highest BCUT2D eigenvalue weighted by Gasteiger charge is 2.27. The molecule has 1 saturated heterocycles. The number of nitrogens with zero attached hydrogens (tertiary/aromatic N) is 4. The second-order valence-corrected chi connectivity index (χ2v) is 13.5. The topological polar surface area (TPSA) is 133 Å². The maximum absolute atomic E-state index is 12.0. The standard InChI is InChI=1S/C17H22N2O2.C17H20N2O2.C4H8O2/c2*1-17(2,3)21-16(20)19-10-8-15(9-11-19)14-6-4-13(12-18)5-7-14;1-3-6-4(2)5/h4-7,15H,8-11H2,1-3H3;4-8H,9-11H2,1-3H3;3H2,1-2H3. The molecule has 10 heteroatoms. The summed E-state index contributed by atoms with van der Waals surface area (Å²) in [5, 5.41) is 17.6. The van der Waals surface area contributed by atoms with E-state index in [2.05, 4.69) is 23.0 Å². The van der Waals surface area contributed by atoms with Crippen LogP contribution < -0.4 is 0 Å². The van der Waals surface area contributed by atoms with Crippen molar-refractivity contribution in [2.75, 3.05) is 32.8 Å². The minimum Gasteiger partial charge on any atom is -0.466 e. The van der Waals surface area contributed by atoms with E-state index >= 15 is 0 Å². The molecule has 2 heterocycles. The molecular weight excluding hydrogens is 608 g/mol. The van der Waals surface area contributed by atoms with Crippen molar-refractivity contribution in [3.63, 3.8) is 0 Å². The Morgan fingerprint density at radius 3 is 1.62 bits per heavy atom. The first-order valence-corrected chi connectivity index (χ1v) is 16.3. The van der Waals surface area contributed by atoms with Crippen molar-refractivity contribution in [1.82, 2.24) is 9.80 Å². The number of amides is 2. The molecule has 2 aromatic carbocycles. The Morgan fingerprint density at radius 1 is 0.771 bits per heavy atom. The van der Waals surface area contributed by atoms with Gasteiger partial charge in [0.15, 0.2) is 0 Å². The number of carbonyl (C=O) groups is 3. The third-order valence-electron chi connectivity index (χ3n) is 7.25. The predicted molar refractivity (Wildman–Crippen MR) is 185 cm³/mol. The molecule has 0 bridgehead atoms. The van der Waals surface area contributed by atoms with E-state index in [1.165, 1.54) is 18.1 Å². The molecule has 0 unspecified atom stereocenters. The Kier molecular flexibility index (Phi) is 15.2. The molecule has 48 heavy (non-hydrogen) atoms. The summed E-state index contributed by atoms with van der Waals surface area (Å²) in [7, 11) is 0. The number of hydrogen-bond donors (Lipinski definition) is 0. The molecule has 0 spiro atoms. The van der Waals surface area contributed by atoms with Gasteiger partial charge in [0.2, 0.25) is 0 Å². The third kappa shape index (κ3) is 14.3. The van der Waals surface area contributed by atoms with Gasteiger partial charge in [-0.25, -0.2) is 9.59 Å². The average molecular weight is 659 g/mol. The predicted octanol–water partition coefficient (Wildman–Crippen LogP) is 7.82. The zero-order chi connectivity index (χ0) is 35.9. The lowest BCUT2D eigenvalue weighted by Gasteiger charge is -2.33. The van der Waals surface area contributed by atoms with Gasteiger partial charge in [-0.2, -0.15) is 10.5 Å². The number of likely N-dealkylation sites (tertiary alicyclic amines) is 1. The molecule has 10 nitrogen and oxygen atoms in total. The lowest BCUT2D eigenvalue weighted by atomic mass is 9.89. The van der Waals surface area contributed by atoms with Crippen LogP contribution in [0.3, 0.4) is 0 Å². The Balaban J connectivity index is 0.000000286. The van der Waals surface area contributed by atoms with Crippen molar-refractivity contribution in [1.29, 1.82) is 10.5 Å². The van der Waals surface area contributed by atoms with Gasteiger partial charge in [-0.3, -0.25) is 4.79 Å². The van der Waals surface area contributed by atoms with Crippen LogP contribution in [0.25, 0.3) is 5.57 Å². The maximum atomic E-state index is 12.0. The second-order valence-electron chi connectivity index (χ2n) is 13.5. The number of hydrogen-bond acceptors (Lipinski definition) is 8. The monoisotopic (exact) mass is 658 g/mol. The summed E-state index contributed by atoms with van der Waals surface area (Å²) in [5.74, 6) is 0.244. The van der Waals surface area contributed by atoms with Crippen molar-refractivity contribution >= 4 is 23.7 Å². The molecule has 0 atom stereocenters. The van der Waals surface area contributed by atoms with Crippen molar-refractivity contribution in [3.8, 4) is 12.1 Å². The molecule has 0 saturated carbocycles. The quantitative estimate of drug-likeness (QED) is 0.241. The van der Waals surface area contributed by atoms with Crippen LogP contribution in [0.2, 0.25) is 0 Å². The number of piperidine rings is 1. The van der Waals surface area contributed by atoms with Crippen LogP contribution in [-0.4, -0.2) is 71.9 Å². The normalized spacial score (nSPS) is 14.8. The Hall–Kier alpha value is -4.83. The largest absolute Gasteiger partial charge is 0.466 e. The van der Waals surface area contributed by atoms with E-state index in [1.54, 1.807) is 16.7 Å². The molecule has 1 fully saturated rings. The highest BCUT2D eigenvalue weighted by Crippen LogP contribution is 2.29. The lowest BCUT2D eigenvalue weighted by molar-refractivity contribution is -0.140. The van der Waals surface area contributed by atoms with E-state index in [9.17, 15) is 14.4 Å². The van der Waals surface area contributed by atoms with Crippen molar-refractivity contribution < 1.29 is 28.6 Å². The summed E-state index contributed by atoms with van der Waals surface area (Å²) < 4.78 is 15.2. The van der Waals surface area contributed by atoms with Crippen molar-refractivity contribution in [3.05, 3.63) is 76.9 Å². The smallest absolute Gasteiger partial charge is 0.410 e. The fraction of sp³-hybridized carbons (Fsp3) is 0.500. The van der Waals surface area contributed by atoms with Gasteiger partial charge in [0.1, 0.15) is 11.2 Å². The molecule has 2 aromatic rings. The first kappa shape index (κ1) is 39.3. The van der Waals surface area contributed by atoms with Crippen LogP contribution in [0.5, 0.6) is 0 Å². The zero-order valence-corrected chi connectivity index (χ0v) is 29.7. The van der Waals surface area contributed by atoms with Gasteiger partial charge >= 0.3 is 18.2 Å². The van der Waals surface area contributed by atoms with Gasteiger partial charge in [0.05, 0.1) is 29.9 Å². The molecule has 2 amide bonds. The third-order valence-corrected chi connectivity index (χ3v) is 7.25. The van der Waals surface area contributed by atoms with Gasteiger partial charge in [-0.15, -0.1) is 0 Å². The summed E-state index contributed by atoms with van der Waals surface area (Å²) in [6.07, 6.45) is 4.23. The maximum Gasteiger partial charge on any atom is 0.410 e. The van der Waals surface area contributed by atoms with E-state index in [-0.39, 0.29) is 18.2 Å². The average Bonchev–Trinajstić information content (AvgIpc) is 3.04. The summed E-state index contributed by atoms with van der Waals surface area (Å²) in [6, 6.07) is 19.5. The van der Waals surface area contributed by atoms with Crippen LogP contribution in [0.1, 0.15) is 103 Å². The van der Waals surface area contributed by atoms with E-state index in [1.807, 2.05) is 90.1 Å².